The van der Waals surface area contributed by atoms with Gasteiger partial charge in [0.25, 0.3) is 5.69 Å². The predicted octanol–water partition coefficient (Wildman–Crippen LogP) is 1.12. The summed E-state index contributed by atoms with van der Waals surface area (Å²) in [5.74, 6) is 0. The van der Waals surface area contributed by atoms with Gasteiger partial charge >= 0.3 is 0 Å². The van der Waals surface area contributed by atoms with E-state index in [0.29, 0.717) is 24.3 Å². The third-order valence-corrected chi connectivity index (χ3v) is 2.41. The Morgan fingerprint density at radius 1 is 1.59 bits per heavy atom. The van der Waals surface area contributed by atoms with Crippen LogP contribution in [0, 0.1) is 21.4 Å². The molecule has 0 fully saturated rings. The van der Waals surface area contributed by atoms with E-state index >= 15 is 0 Å². The maximum atomic E-state index is 10.9. The van der Waals surface area contributed by atoms with Gasteiger partial charge in [0.15, 0.2) is 0 Å². The first-order valence-corrected chi connectivity index (χ1v) is 5.14. The summed E-state index contributed by atoms with van der Waals surface area (Å²) in [7, 11) is 3.58. The number of anilines is 1. The monoisotopic (exact) mass is 234 g/mol. The zero-order valence-electron chi connectivity index (χ0n) is 9.80. The van der Waals surface area contributed by atoms with Crippen molar-refractivity contribution < 1.29 is 4.92 Å². The number of likely N-dealkylation sites (N-methyl/N-ethyl adjacent to an activating group) is 2. The molecule has 0 aromatic heterocycles. The quantitative estimate of drug-likeness (QED) is 0.609. The van der Waals surface area contributed by atoms with E-state index in [0.717, 1.165) is 0 Å². The van der Waals surface area contributed by atoms with Crippen LogP contribution in [0.2, 0.25) is 0 Å². The molecule has 1 aromatic carbocycles. The highest BCUT2D eigenvalue weighted by atomic mass is 16.6. The summed E-state index contributed by atoms with van der Waals surface area (Å²) in [4.78, 5) is 12.2. The minimum Gasteiger partial charge on any atom is -0.368 e. The maximum absolute atomic E-state index is 10.9. The smallest absolute Gasteiger partial charge is 0.292 e. The van der Waals surface area contributed by atoms with Gasteiger partial charge in [-0.15, -0.1) is 0 Å². The van der Waals surface area contributed by atoms with Gasteiger partial charge in [-0.2, -0.15) is 5.26 Å². The summed E-state index contributed by atoms with van der Waals surface area (Å²) >= 11 is 0. The number of nitriles is 1. The number of benzene rings is 1. The third-order valence-electron chi connectivity index (χ3n) is 2.41. The zero-order chi connectivity index (χ0) is 12.8. The second-order valence-corrected chi connectivity index (χ2v) is 3.60. The van der Waals surface area contributed by atoms with Crippen molar-refractivity contribution >= 4 is 11.4 Å². The van der Waals surface area contributed by atoms with Crippen molar-refractivity contribution in [2.45, 2.75) is 0 Å². The number of rotatable bonds is 5. The van der Waals surface area contributed by atoms with Crippen LogP contribution >= 0.6 is 0 Å². The van der Waals surface area contributed by atoms with Crippen LogP contribution in [-0.4, -0.2) is 32.1 Å². The second kappa shape index (κ2) is 5.82. The van der Waals surface area contributed by atoms with E-state index in [9.17, 15) is 10.1 Å². The predicted molar refractivity (Wildman–Crippen MR) is 65.0 cm³/mol. The largest absolute Gasteiger partial charge is 0.368 e. The number of nitro groups is 1. The minimum absolute atomic E-state index is 0.0163. The molecule has 0 bridgehead atoms. The van der Waals surface area contributed by atoms with Crippen molar-refractivity contribution in [1.29, 1.82) is 5.26 Å². The number of nitro benzene ring substituents is 1. The van der Waals surface area contributed by atoms with Gasteiger partial charge in [-0.05, 0) is 19.2 Å². The molecule has 0 aliphatic carbocycles. The first-order chi connectivity index (χ1) is 8.10. The molecule has 1 N–H and O–H groups in total. The molecule has 0 radical (unpaired) electrons. The van der Waals surface area contributed by atoms with Crippen LogP contribution in [0.15, 0.2) is 18.2 Å². The summed E-state index contributed by atoms with van der Waals surface area (Å²) in [6.07, 6.45) is 0. The lowest BCUT2D eigenvalue weighted by atomic mass is 10.1. The van der Waals surface area contributed by atoms with Crippen molar-refractivity contribution in [3.05, 3.63) is 33.9 Å². The van der Waals surface area contributed by atoms with Crippen molar-refractivity contribution in [3.8, 4) is 6.07 Å². The van der Waals surface area contributed by atoms with Crippen LogP contribution in [0.5, 0.6) is 0 Å². The normalized spacial score (nSPS) is 9.71. The molecule has 0 atom stereocenters. The van der Waals surface area contributed by atoms with Crippen LogP contribution in [0.25, 0.3) is 0 Å². The summed E-state index contributed by atoms with van der Waals surface area (Å²) in [5, 5.41) is 22.6. The summed E-state index contributed by atoms with van der Waals surface area (Å²) in [6, 6.07) is 6.33. The fraction of sp³-hybridized carbons (Fsp3) is 0.364. The van der Waals surface area contributed by atoms with Gasteiger partial charge in [0, 0.05) is 26.2 Å². The highest BCUT2D eigenvalue weighted by Gasteiger charge is 2.17. The fourth-order valence-corrected chi connectivity index (χ4v) is 1.45. The lowest BCUT2D eigenvalue weighted by Gasteiger charge is -2.18. The number of nitrogens with one attached hydrogen (secondary N) is 1. The van der Waals surface area contributed by atoms with Crippen LogP contribution in [0.1, 0.15) is 5.56 Å². The first-order valence-electron chi connectivity index (χ1n) is 5.14. The van der Waals surface area contributed by atoms with E-state index < -0.39 is 4.92 Å². The topological polar surface area (TPSA) is 82.2 Å². The van der Waals surface area contributed by atoms with Crippen LogP contribution in [0.3, 0.4) is 0 Å². The standard InChI is InChI=1S/C11H14N4O2/c1-13-5-6-14(2)11-7-9(8-12)3-4-10(11)15(16)17/h3-4,7,13H,5-6H2,1-2H3. The molecule has 0 spiro atoms. The molecule has 0 unspecified atom stereocenters. The molecule has 1 rings (SSSR count). The van der Waals surface area contributed by atoms with Crippen molar-refractivity contribution in [2.24, 2.45) is 0 Å². The SMILES string of the molecule is CNCCN(C)c1cc(C#N)ccc1[N+](=O)[O-]. The number of hydrogen-bond donors (Lipinski definition) is 1. The average Bonchev–Trinajstić information content (AvgIpc) is 2.34. The minimum atomic E-state index is -0.438. The Hall–Kier alpha value is -2.13. The van der Waals surface area contributed by atoms with Gasteiger partial charge in [-0.1, -0.05) is 0 Å². The molecular weight excluding hydrogens is 220 g/mol. The van der Waals surface area contributed by atoms with E-state index in [1.54, 1.807) is 11.9 Å². The molecule has 0 heterocycles. The number of hydrogen-bond acceptors (Lipinski definition) is 5. The first kappa shape index (κ1) is 12.9. The summed E-state index contributed by atoms with van der Waals surface area (Å²) in [6.45, 7) is 1.34. The Balaban J connectivity index is 3.09. The van der Waals surface area contributed by atoms with Gasteiger partial charge in [-0.25, -0.2) is 0 Å². The Morgan fingerprint density at radius 2 is 2.29 bits per heavy atom. The van der Waals surface area contributed by atoms with Gasteiger partial charge in [0.1, 0.15) is 5.69 Å². The van der Waals surface area contributed by atoms with E-state index in [-0.39, 0.29) is 5.69 Å². The van der Waals surface area contributed by atoms with E-state index in [1.807, 2.05) is 13.1 Å². The summed E-state index contributed by atoms with van der Waals surface area (Å²) < 4.78 is 0. The Morgan fingerprint density at radius 3 is 2.82 bits per heavy atom. The fourth-order valence-electron chi connectivity index (χ4n) is 1.45. The molecule has 0 saturated heterocycles. The Kier molecular flexibility index (Phi) is 4.43. The van der Waals surface area contributed by atoms with Crippen LogP contribution in [-0.2, 0) is 0 Å². The molecule has 6 heteroatoms. The van der Waals surface area contributed by atoms with Crippen LogP contribution < -0.4 is 10.2 Å². The van der Waals surface area contributed by atoms with Gasteiger partial charge in [0.2, 0.25) is 0 Å². The molecule has 1 aromatic rings. The summed E-state index contributed by atoms with van der Waals surface area (Å²) in [5.41, 5.74) is 0.897. The van der Waals surface area contributed by atoms with Gasteiger partial charge in [0.05, 0.1) is 16.6 Å². The van der Waals surface area contributed by atoms with Gasteiger partial charge < -0.3 is 10.2 Å². The molecule has 6 nitrogen and oxygen atoms in total. The Bertz CT molecular complexity index is 453. The average molecular weight is 234 g/mol. The second-order valence-electron chi connectivity index (χ2n) is 3.60. The molecular formula is C11H14N4O2. The highest BCUT2D eigenvalue weighted by Crippen LogP contribution is 2.27. The van der Waals surface area contributed by atoms with Crippen molar-refractivity contribution in [3.63, 3.8) is 0 Å². The van der Waals surface area contributed by atoms with Crippen molar-refractivity contribution in [2.75, 3.05) is 32.1 Å². The van der Waals surface area contributed by atoms with Crippen LogP contribution in [0.4, 0.5) is 11.4 Å². The lowest BCUT2D eigenvalue weighted by molar-refractivity contribution is -0.384. The lowest BCUT2D eigenvalue weighted by Crippen LogP contribution is -2.27. The number of nitrogens with zero attached hydrogens (tertiary/aromatic N) is 3. The maximum Gasteiger partial charge on any atom is 0.292 e. The van der Waals surface area contributed by atoms with E-state index in [1.165, 1.54) is 18.2 Å². The molecule has 0 saturated carbocycles. The third kappa shape index (κ3) is 3.16. The van der Waals surface area contributed by atoms with Gasteiger partial charge in [-0.3, -0.25) is 10.1 Å². The molecule has 0 aliphatic heterocycles. The highest BCUT2D eigenvalue weighted by molar-refractivity contribution is 5.65. The van der Waals surface area contributed by atoms with E-state index in [2.05, 4.69) is 5.32 Å². The van der Waals surface area contributed by atoms with Crippen molar-refractivity contribution in [1.82, 2.24) is 5.32 Å². The molecule has 0 aliphatic rings. The molecule has 90 valence electrons. The van der Waals surface area contributed by atoms with E-state index in [4.69, 9.17) is 5.26 Å². The molecule has 17 heavy (non-hydrogen) atoms. The Labute approximate surface area is 99.6 Å². The zero-order valence-corrected chi connectivity index (χ0v) is 9.80. The molecule has 0 amide bonds.